The van der Waals surface area contributed by atoms with Crippen LogP contribution >= 0.6 is 11.8 Å². The number of thioether (sulfide) groups is 1. The van der Waals surface area contributed by atoms with Gasteiger partial charge in [0.05, 0.1) is 16.6 Å². The van der Waals surface area contributed by atoms with E-state index in [1.54, 1.807) is 16.7 Å². The van der Waals surface area contributed by atoms with Crippen LogP contribution in [0.5, 0.6) is 0 Å². The Morgan fingerprint density at radius 1 is 1.24 bits per heavy atom. The smallest absolute Gasteiger partial charge is 0.244 e. The summed E-state index contributed by atoms with van der Waals surface area (Å²) >= 11 is 1.67. The number of benzene rings is 1. The van der Waals surface area contributed by atoms with Crippen molar-refractivity contribution >= 4 is 35.2 Å². The SMILES string of the molecule is CCCC(C)NC(=O)C1N(CCCO)C(=O)[C@@H]2[C@@H](C(=O)Nc3ccccc3)[C@@]3(C)CCC12S3. The number of hydrogen-bond acceptors (Lipinski definition) is 5. The highest BCUT2D eigenvalue weighted by Gasteiger charge is 2.77. The predicted molar refractivity (Wildman–Crippen MR) is 130 cm³/mol. The lowest BCUT2D eigenvalue weighted by atomic mass is 9.66. The van der Waals surface area contributed by atoms with Crippen molar-refractivity contribution < 1.29 is 19.5 Å². The summed E-state index contributed by atoms with van der Waals surface area (Å²) in [5.74, 6) is -1.47. The topological polar surface area (TPSA) is 98.7 Å². The summed E-state index contributed by atoms with van der Waals surface area (Å²) in [6.45, 7) is 6.40. The predicted octanol–water partition coefficient (Wildman–Crippen LogP) is 2.79. The summed E-state index contributed by atoms with van der Waals surface area (Å²) in [6, 6.07) is 8.69. The molecule has 0 radical (unpaired) electrons. The number of fused-ring (bicyclic) bond motifs is 1. The zero-order valence-corrected chi connectivity index (χ0v) is 20.5. The average Bonchev–Trinajstić information content (AvgIpc) is 3.33. The first-order chi connectivity index (χ1) is 15.8. The van der Waals surface area contributed by atoms with Gasteiger partial charge in [-0.15, -0.1) is 11.8 Å². The fourth-order valence-corrected chi connectivity index (χ4v) is 8.53. The monoisotopic (exact) mass is 473 g/mol. The first-order valence-corrected chi connectivity index (χ1v) is 12.9. The second-order valence-corrected chi connectivity index (χ2v) is 11.8. The fraction of sp³-hybridized carbons (Fsp3) is 0.640. The molecule has 4 rings (SSSR count). The number of likely N-dealkylation sites (tertiary alicyclic amines) is 1. The van der Waals surface area contributed by atoms with Gasteiger partial charge in [-0.1, -0.05) is 31.5 Å². The van der Waals surface area contributed by atoms with Gasteiger partial charge in [-0.2, -0.15) is 0 Å². The lowest BCUT2D eigenvalue weighted by Gasteiger charge is -2.35. The van der Waals surface area contributed by atoms with Crippen LogP contribution in [0.15, 0.2) is 30.3 Å². The second kappa shape index (κ2) is 9.29. The Hall–Kier alpha value is -2.06. The van der Waals surface area contributed by atoms with Crippen LogP contribution in [0.2, 0.25) is 0 Å². The number of carbonyl (C=O) groups is 3. The summed E-state index contributed by atoms with van der Waals surface area (Å²) in [6.07, 6.45) is 3.76. The van der Waals surface area contributed by atoms with Crippen molar-refractivity contribution in [2.75, 3.05) is 18.5 Å². The summed E-state index contributed by atoms with van der Waals surface area (Å²) in [4.78, 5) is 42.5. The molecular formula is C25H35N3O4S. The van der Waals surface area contributed by atoms with Crippen LogP contribution in [0.3, 0.4) is 0 Å². The van der Waals surface area contributed by atoms with Gasteiger partial charge < -0.3 is 20.6 Å². The summed E-state index contributed by atoms with van der Waals surface area (Å²) in [5, 5.41) is 15.6. The number of para-hydroxylation sites is 1. The Morgan fingerprint density at radius 2 is 1.97 bits per heavy atom. The van der Waals surface area contributed by atoms with E-state index in [0.29, 0.717) is 18.7 Å². The van der Waals surface area contributed by atoms with Gasteiger partial charge >= 0.3 is 0 Å². The molecule has 3 heterocycles. The minimum atomic E-state index is -0.623. The molecule has 0 saturated carbocycles. The van der Waals surface area contributed by atoms with E-state index in [1.165, 1.54) is 0 Å². The molecule has 3 aliphatic heterocycles. The summed E-state index contributed by atoms with van der Waals surface area (Å²) in [7, 11) is 0. The number of aliphatic hydroxyl groups excluding tert-OH is 1. The summed E-state index contributed by atoms with van der Waals surface area (Å²) < 4.78 is -1.01. The third kappa shape index (κ3) is 4.05. The van der Waals surface area contributed by atoms with E-state index in [4.69, 9.17) is 0 Å². The number of anilines is 1. The van der Waals surface area contributed by atoms with Crippen LogP contribution in [-0.4, -0.2) is 62.5 Å². The Labute approximate surface area is 200 Å². The largest absolute Gasteiger partial charge is 0.396 e. The Morgan fingerprint density at radius 3 is 2.64 bits per heavy atom. The third-order valence-corrected chi connectivity index (χ3v) is 9.50. The Balaban J connectivity index is 1.67. The lowest BCUT2D eigenvalue weighted by Crippen LogP contribution is -2.55. The van der Waals surface area contributed by atoms with Crippen LogP contribution in [0, 0.1) is 11.8 Å². The van der Waals surface area contributed by atoms with Crippen molar-refractivity contribution in [2.45, 2.75) is 74.5 Å². The van der Waals surface area contributed by atoms with Gasteiger partial charge in [-0.3, -0.25) is 14.4 Å². The summed E-state index contributed by atoms with van der Waals surface area (Å²) in [5.41, 5.74) is 0.707. The van der Waals surface area contributed by atoms with E-state index in [-0.39, 0.29) is 30.4 Å². The van der Waals surface area contributed by atoms with E-state index >= 15 is 0 Å². The lowest BCUT2D eigenvalue weighted by molar-refractivity contribution is -0.139. The molecule has 8 heteroatoms. The fourth-order valence-electron chi connectivity index (χ4n) is 6.18. The maximum atomic E-state index is 13.8. The Kier molecular flexibility index (Phi) is 6.78. The van der Waals surface area contributed by atoms with Crippen LogP contribution in [0.25, 0.3) is 0 Å². The van der Waals surface area contributed by atoms with Gasteiger partial charge in [0.1, 0.15) is 6.04 Å². The number of hydrogen-bond donors (Lipinski definition) is 3. The molecule has 3 fully saturated rings. The number of nitrogens with zero attached hydrogens (tertiary/aromatic N) is 1. The molecule has 33 heavy (non-hydrogen) atoms. The van der Waals surface area contributed by atoms with Crippen molar-refractivity contribution in [2.24, 2.45) is 11.8 Å². The molecule has 1 aromatic carbocycles. The highest BCUT2D eigenvalue weighted by molar-refractivity contribution is 8.02. The molecule has 180 valence electrons. The van der Waals surface area contributed by atoms with E-state index < -0.39 is 27.4 Å². The highest BCUT2D eigenvalue weighted by Crippen LogP contribution is 2.71. The highest BCUT2D eigenvalue weighted by atomic mass is 32.2. The van der Waals surface area contributed by atoms with Gasteiger partial charge in [-0.25, -0.2) is 0 Å². The van der Waals surface area contributed by atoms with Crippen LogP contribution < -0.4 is 10.6 Å². The third-order valence-electron chi connectivity index (χ3n) is 7.52. The molecule has 3 N–H and O–H groups in total. The number of aliphatic hydroxyl groups is 1. The van der Waals surface area contributed by atoms with E-state index in [1.807, 2.05) is 37.3 Å². The van der Waals surface area contributed by atoms with Crippen LogP contribution in [0.1, 0.15) is 52.9 Å². The zero-order chi connectivity index (χ0) is 23.8. The maximum absolute atomic E-state index is 13.8. The molecule has 1 spiro atoms. The van der Waals surface area contributed by atoms with Gasteiger partial charge in [0, 0.05) is 29.6 Å². The average molecular weight is 474 g/mol. The Bertz CT molecular complexity index is 912. The van der Waals surface area contributed by atoms with Crippen molar-refractivity contribution in [3.05, 3.63) is 30.3 Å². The van der Waals surface area contributed by atoms with E-state index in [9.17, 15) is 19.5 Å². The molecule has 0 aromatic heterocycles. The number of amides is 3. The van der Waals surface area contributed by atoms with Crippen LogP contribution in [-0.2, 0) is 14.4 Å². The molecular weight excluding hydrogens is 438 g/mol. The van der Waals surface area contributed by atoms with E-state index in [2.05, 4.69) is 24.5 Å². The van der Waals surface area contributed by atoms with Crippen molar-refractivity contribution in [3.8, 4) is 0 Å². The van der Waals surface area contributed by atoms with Gasteiger partial charge in [0.15, 0.2) is 0 Å². The molecule has 3 unspecified atom stereocenters. The van der Waals surface area contributed by atoms with Gasteiger partial charge in [-0.05, 0) is 51.7 Å². The molecule has 7 nitrogen and oxygen atoms in total. The van der Waals surface area contributed by atoms with Gasteiger partial charge in [0.2, 0.25) is 17.7 Å². The second-order valence-electron chi connectivity index (χ2n) is 9.89. The zero-order valence-electron chi connectivity index (χ0n) is 19.7. The first-order valence-electron chi connectivity index (χ1n) is 12.0. The van der Waals surface area contributed by atoms with Gasteiger partial charge in [0.25, 0.3) is 0 Å². The molecule has 6 atom stereocenters. The quantitative estimate of drug-likeness (QED) is 0.512. The molecule has 3 amide bonds. The molecule has 1 aromatic rings. The number of carbonyl (C=O) groups excluding carboxylic acids is 3. The van der Waals surface area contributed by atoms with Crippen molar-refractivity contribution in [3.63, 3.8) is 0 Å². The maximum Gasteiger partial charge on any atom is 0.244 e. The molecule has 3 aliphatic rings. The number of nitrogens with one attached hydrogen (secondary N) is 2. The normalized spacial score (nSPS) is 33.2. The minimum absolute atomic E-state index is 0.0177. The number of rotatable bonds is 9. The van der Waals surface area contributed by atoms with Crippen molar-refractivity contribution in [1.82, 2.24) is 10.2 Å². The van der Waals surface area contributed by atoms with E-state index in [0.717, 1.165) is 25.7 Å². The van der Waals surface area contributed by atoms with Crippen LogP contribution in [0.4, 0.5) is 5.69 Å². The standard InChI is InChI=1S/C25H35N3O4S/c1-4-9-16(2)26-22(31)20-25-13-12-24(3,33-25)18(19(25)23(32)28(20)14-8-15-29)21(30)27-17-10-6-5-7-11-17/h5-7,10-11,16,18-20,29H,4,8-9,12-15H2,1-3H3,(H,26,31)(H,27,30)/t16?,18-,19-,20?,24+,25?/m0/s1. The first kappa shape index (κ1) is 24.1. The van der Waals surface area contributed by atoms with Crippen molar-refractivity contribution in [1.29, 1.82) is 0 Å². The molecule has 3 saturated heterocycles. The molecule has 0 aliphatic carbocycles. The minimum Gasteiger partial charge on any atom is -0.396 e. The molecule has 2 bridgehead atoms.